The van der Waals surface area contributed by atoms with Crippen LogP contribution in [0.2, 0.25) is 0 Å². The lowest BCUT2D eigenvalue weighted by Crippen LogP contribution is -2.41. The third-order valence-corrected chi connectivity index (χ3v) is 3.67. The molecule has 0 spiro atoms. The van der Waals surface area contributed by atoms with Gasteiger partial charge < -0.3 is 10.0 Å². The van der Waals surface area contributed by atoms with Gasteiger partial charge in [-0.3, -0.25) is 0 Å². The van der Waals surface area contributed by atoms with Crippen molar-refractivity contribution in [3.05, 3.63) is 23.9 Å². The Kier molecular flexibility index (Phi) is 3.67. The molecule has 3 unspecified atom stereocenters. The van der Waals surface area contributed by atoms with Gasteiger partial charge in [-0.05, 0) is 44.2 Å². The summed E-state index contributed by atoms with van der Waals surface area (Å²) in [6, 6.07) is 4.56. The van der Waals surface area contributed by atoms with Crippen LogP contribution < -0.4 is 4.90 Å². The van der Waals surface area contributed by atoms with Gasteiger partial charge in [0.25, 0.3) is 0 Å². The highest BCUT2D eigenvalue weighted by molar-refractivity contribution is 5.41. The van der Waals surface area contributed by atoms with Crippen molar-refractivity contribution in [3.63, 3.8) is 0 Å². The van der Waals surface area contributed by atoms with Crippen LogP contribution in [0.15, 0.2) is 18.3 Å². The molecular weight excluding hydrogens is 212 g/mol. The summed E-state index contributed by atoms with van der Waals surface area (Å²) >= 11 is 0. The number of aromatic nitrogens is 1. The molecule has 0 bridgehead atoms. The van der Waals surface area contributed by atoms with Crippen molar-refractivity contribution >= 4 is 5.82 Å². The molecule has 1 aromatic rings. The van der Waals surface area contributed by atoms with Crippen molar-refractivity contribution in [2.24, 2.45) is 5.92 Å². The van der Waals surface area contributed by atoms with Crippen LogP contribution in [0.25, 0.3) is 0 Å². The first-order valence-electron chi connectivity index (χ1n) is 6.48. The van der Waals surface area contributed by atoms with E-state index in [9.17, 15) is 5.11 Å². The molecular formula is C14H22N2O. The zero-order valence-corrected chi connectivity index (χ0v) is 10.9. The molecule has 2 heterocycles. The minimum absolute atomic E-state index is 0.436. The lowest BCUT2D eigenvalue weighted by atomic mass is 9.95. The van der Waals surface area contributed by atoms with E-state index < -0.39 is 6.10 Å². The third-order valence-electron chi connectivity index (χ3n) is 3.67. The van der Waals surface area contributed by atoms with Crippen molar-refractivity contribution in [2.45, 2.75) is 45.8 Å². The van der Waals surface area contributed by atoms with Crippen LogP contribution in [0, 0.1) is 5.92 Å². The first kappa shape index (κ1) is 12.4. The zero-order valence-electron chi connectivity index (χ0n) is 10.9. The van der Waals surface area contributed by atoms with Crippen molar-refractivity contribution in [1.82, 2.24) is 4.98 Å². The van der Waals surface area contributed by atoms with E-state index in [2.05, 4.69) is 23.7 Å². The normalized spacial score (nSPS) is 26.9. The molecule has 1 N–H and O–H groups in total. The quantitative estimate of drug-likeness (QED) is 0.854. The smallest absolute Gasteiger partial charge is 0.128 e. The van der Waals surface area contributed by atoms with E-state index in [0.29, 0.717) is 6.04 Å². The molecule has 1 aliphatic heterocycles. The number of aliphatic hydroxyl groups is 1. The average molecular weight is 234 g/mol. The van der Waals surface area contributed by atoms with Crippen molar-refractivity contribution in [1.29, 1.82) is 0 Å². The number of anilines is 1. The summed E-state index contributed by atoms with van der Waals surface area (Å²) in [6.45, 7) is 7.41. The molecule has 2 rings (SSSR count). The van der Waals surface area contributed by atoms with Crippen LogP contribution in [0.5, 0.6) is 0 Å². The fraction of sp³-hybridized carbons (Fsp3) is 0.643. The highest BCUT2D eigenvalue weighted by Crippen LogP contribution is 2.26. The summed E-state index contributed by atoms with van der Waals surface area (Å²) < 4.78 is 0. The standard InChI is InChI=1S/C14H22N2O/c1-10-4-5-11(2)16(9-10)14-7-6-13(8-15-14)12(3)17/h6-8,10-12,17H,4-5,9H2,1-3H3. The molecule has 1 fully saturated rings. The summed E-state index contributed by atoms with van der Waals surface area (Å²) in [6.07, 6.45) is 3.89. The molecule has 0 saturated carbocycles. The Balaban J connectivity index is 2.15. The third kappa shape index (κ3) is 2.78. The lowest BCUT2D eigenvalue weighted by molar-refractivity contribution is 0.199. The van der Waals surface area contributed by atoms with E-state index in [1.807, 2.05) is 12.1 Å². The Hall–Kier alpha value is -1.09. The summed E-state index contributed by atoms with van der Waals surface area (Å²) in [5.41, 5.74) is 0.881. The predicted molar refractivity (Wildman–Crippen MR) is 70.1 cm³/mol. The van der Waals surface area contributed by atoms with Gasteiger partial charge in [0.15, 0.2) is 0 Å². The van der Waals surface area contributed by atoms with Crippen molar-refractivity contribution in [3.8, 4) is 0 Å². The Morgan fingerprint density at radius 3 is 2.71 bits per heavy atom. The largest absolute Gasteiger partial charge is 0.389 e. The van der Waals surface area contributed by atoms with Gasteiger partial charge in [-0.2, -0.15) is 0 Å². The van der Waals surface area contributed by atoms with Gasteiger partial charge >= 0.3 is 0 Å². The van der Waals surface area contributed by atoms with E-state index in [1.54, 1.807) is 13.1 Å². The van der Waals surface area contributed by atoms with Gasteiger partial charge in [0, 0.05) is 18.8 Å². The summed E-state index contributed by atoms with van der Waals surface area (Å²) in [5.74, 6) is 1.78. The first-order valence-corrected chi connectivity index (χ1v) is 6.48. The second-order valence-electron chi connectivity index (χ2n) is 5.31. The number of hydrogen-bond donors (Lipinski definition) is 1. The van der Waals surface area contributed by atoms with E-state index >= 15 is 0 Å². The van der Waals surface area contributed by atoms with Gasteiger partial charge in [-0.25, -0.2) is 4.98 Å². The Morgan fingerprint density at radius 2 is 2.12 bits per heavy atom. The van der Waals surface area contributed by atoms with E-state index in [1.165, 1.54) is 12.8 Å². The molecule has 1 saturated heterocycles. The average Bonchev–Trinajstić information content (AvgIpc) is 2.32. The van der Waals surface area contributed by atoms with Crippen LogP contribution in [0.4, 0.5) is 5.82 Å². The van der Waals surface area contributed by atoms with Crippen molar-refractivity contribution < 1.29 is 5.11 Å². The maximum atomic E-state index is 9.47. The SMILES string of the molecule is CC1CCC(C)N(c2ccc(C(C)O)cn2)C1. The van der Waals surface area contributed by atoms with E-state index in [-0.39, 0.29) is 0 Å². The number of nitrogens with zero attached hydrogens (tertiary/aromatic N) is 2. The molecule has 94 valence electrons. The topological polar surface area (TPSA) is 36.4 Å². The predicted octanol–water partition coefficient (Wildman–Crippen LogP) is 2.76. The summed E-state index contributed by atoms with van der Waals surface area (Å²) in [5, 5.41) is 9.47. The van der Waals surface area contributed by atoms with Crippen molar-refractivity contribution in [2.75, 3.05) is 11.4 Å². The van der Waals surface area contributed by atoms with E-state index in [4.69, 9.17) is 0 Å². The van der Waals surface area contributed by atoms with Gasteiger partial charge in [0.05, 0.1) is 6.10 Å². The second kappa shape index (κ2) is 5.05. The zero-order chi connectivity index (χ0) is 12.4. The molecule has 3 nitrogen and oxygen atoms in total. The monoisotopic (exact) mass is 234 g/mol. The Morgan fingerprint density at radius 1 is 1.35 bits per heavy atom. The van der Waals surface area contributed by atoms with Crippen LogP contribution in [-0.4, -0.2) is 22.7 Å². The fourth-order valence-corrected chi connectivity index (χ4v) is 2.42. The molecule has 0 amide bonds. The maximum Gasteiger partial charge on any atom is 0.128 e. The minimum atomic E-state index is -0.436. The molecule has 0 aromatic carbocycles. The number of hydrogen-bond acceptors (Lipinski definition) is 3. The fourth-order valence-electron chi connectivity index (χ4n) is 2.42. The highest BCUT2D eigenvalue weighted by Gasteiger charge is 2.23. The van der Waals surface area contributed by atoms with Crippen LogP contribution in [0.1, 0.15) is 45.3 Å². The molecule has 3 heteroatoms. The van der Waals surface area contributed by atoms with Gasteiger partial charge in [-0.15, -0.1) is 0 Å². The number of piperidine rings is 1. The first-order chi connectivity index (χ1) is 8.08. The van der Waals surface area contributed by atoms with Gasteiger partial charge in [-0.1, -0.05) is 13.0 Å². The maximum absolute atomic E-state index is 9.47. The Labute approximate surface area is 103 Å². The summed E-state index contributed by atoms with van der Waals surface area (Å²) in [4.78, 5) is 6.85. The minimum Gasteiger partial charge on any atom is -0.389 e. The van der Waals surface area contributed by atoms with Crippen LogP contribution in [-0.2, 0) is 0 Å². The molecule has 17 heavy (non-hydrogen) atoms. The van der Waals surface area contributed by atoms with E-state index in [0.717, 1.165) is 23.8 Å². The van der Waals surface area contributed by atoms with Crippen LogP contribution >= 0.6 is 0 Å². The lowest BCUT2D eigenvalue weighted by Gasteiger charge is -2.37. The number of pyridine rings is 1. The molecule has 1 aromatic heterocycles. The summed E-state index contributed by atoms with van der Waals surface area (Å²) in [7, 11) is 0. The van der Waals surface area contributed by atoms with Crippen LogP contribution in [0.3, 0.4) is 0 Å². The van der Waals surface area contributed by atoms with Gasteiger partial charge in [0.2, 0.25) is 0 Å². The van der Waals surface area contributed by atoms with Gasteiger partial charge in [0.1, 0.15) is 5.82 Å². The molecule has 3 atom stereocenters. The molecule has 0 aliphatic carbocycles. The number of rotatable bonds is 2. The number of aliphatic hydroxyl groups excluding tert-OH is 1. The molecule has 0 radical (unpaired) electrons. The second-order valence-corrected chi connectivity index (χ2v) is 5.31. The Bertz CT molecular complexity index is 361. The molecule has 1 aliphatic rings. The highest BCUT2D eigenvalue weighted by atomic mass is 16.3.